The van der Waals surface area contributed by atoms with Crippen LogP contribution in [0.25, 0.3) is 0 Å². The number of nitrogens with zero attached hydrogens (tertiary/aromatic N) is 4. The third-order valence-electron chi connectivity index (χ3n) is 4.79. The van der Waals surface area contributed by atoms with Crippen molar-refractivity contribution < 1.29 is 9.59 Å². The summed E-state index contributed by atoms with van der Waals surface area (Å²) in [6, 6.07) is 1.70. The molecule has 126 valence electrons. The Labute approximate surface area is 136 Å². The largest absolute Gasteiger partial charge is 0.325 e. The highest BCUT2D eigenvalue weighted by molar-refractivity contribution is 6.07. The van der Waals surface area contributed by atoms with E-state index in [0.29, 0.717) is 13.0 Å². The number of carbonyl (C=O) groups is 2. The number of aryl methyl sites for hydroxylation is 2. The molecule has 2 aliphatic heterocycles. The van der Waals surface area contributed by atoms with E-state index in [2.05, 4.69) is 21.4 Å². The molecule has 1 N–H and O–H groups in total. The van der Waals surface area contributed by atoms with Gasteiger partial charge in [0.2, 0.25) is 0 Å². The van der Waals surface area contributed by atoms with Crippen molar-refractivity contribution in [3.05, 3.63) is 17.5 Å². The Morgan fingerprint density at radius 3 is 2.61 bits per heavy atom. The monoisotopic (exact) mass is 319 g/mol. The number of rotatable bonds is 4. The third kappa shape index (κ3) is 2.73. The number of imide groups is 1. The SMILES string of the molecule is Cc1cc(C)n(CCN2CCC3(C2)NC(=O)N(C(C)C)C3=O)n1. The van der Waals surface area contributed by atoms with Gasteiger partial charge in [-0.2, -0.15) is 5.10 Å². The Hall–Kier alpha value is -1.89. The number of urea groups is 1. The molecule has 0 radical (unpaired) electrons. The molecule has 1 aromatic heterocycles. The first kappa shape index (κ1) is 16.0. The molecule has 3 amide bonds. The molecule has 1 spiro atoms. The van der Waals surface area contributed by atoms with Crippen molar-refractivity contribution in [1.82, 2.24) is 24.9 Å². The number of carbonyl (C=O) groups excluding carboxylic acids is 2. The van der Waals surface area contributed by atoms with E-state index in [-0.39, 0.29) is 18.0 Å². The molecule has 1 atom stereocenters. The molecule has 0 saturated carbocycles. The zero-order chi connectivity index (χ0) is 16.8. The van der Waals surface area contributed by atoms with E-state index >= 15 is 0 Å². The van der Waals surface area contributed by atoms with Crippen LogP contribution in [0.1, 0.15) is 31.7 Å². The molecular formula is C16H25N5O2. The van der Waals surface area contributed by atoms with Crippen LogP contribution in [0, 0.1) is 13.8 Å². The van der Waals surface area contributed by atoms with Gasteiger partial charge in [-0.05, 0) is 40.2 Å². The molecule has 7 heteroatoms. The van der Waals surface area contributed by atoms with Crippen LogP contribution in [0.2, 0.25) is 0 Å². The quantitative estimate of drug-likeness (QED) is 0.837. The lowest BCUT2D eigenvalue weighted by atomic mass is 9.99. The van der Waals surface area contributed by atoms with Crippen LogP contribution < -0.4 is 5.32 Å². The van der Waals surface area contributed by atoms with Gasteiger partial charge in [-0.1, -0.05) is 0 Å². The summed E-state index contributed by atoms with van der Waals surface area (Å²) in [5, 5.41) is 7.39. The Balaban J connectivity index is 1.63. The van der Waals surface area contributed by atoms with Crippen molar-refractivity contribution in [2.24, 2.45) is 0 Å². The second kappa shape index (κ2) is 5.63. The van der Waals surface area contributed by atoms with Gasteiger partial charge in [-0.25, -0.2) is 4.79 Å². The van der Waals surface area contributed by atoms with Crippen LogP contribution in [0.4, 0.5) is 4.79 Å². The van der Waals surface area contributed by atoms with E-state index in [1.807, 2.05) is 32.4 Å². The van der Waals surface area contributed by atoms with Crippen molar-refractivity contribution in [2.75, 3.05) is 19.6 Å². The molecule has 23 heavy (non-hydrogen) atoms. The van der Waals surface area contributed by atoms with E-state index < -0.39 is 5.54 Å². The molecule has 2 fully saturated rings. The first-order chi connectivity index (χ1) is 10.8. The Bertz CT molecular complexity index is 638. The molecule has 1 unspecified atom stereocenters. The maximum absolute atomic E-state index is 12.7. The molecule has 3 rings (SSSR count). The van der Waals surface area contributed by atoms with Gasteiger partial charge in [-0.3, -0.25) is 19.3 Å². The minimum Gasteiger partial charge on any atom is -0.322 e. The fraction of sp³-hybridized carbons (Fsp3) is 0.688. The summed E-state index contributed by atoms with van der Waals surface area (Å²) in [7, 11) is 0. The first-order valence-electron chi connectivity index (χ1n) is 8.21. The van der Waals surface area contributed by atoms with E-state index in [0.717, 1.165) is 31.0 Å². The summed E-state index contributed by atoms with van der Waals surface area (Å²) >= 11 is 0. The Morgan fingerprint density at radius 2 is 2.04 bits per heavy atom. The van der Waals surface area contributed by atoms with Crippen LogP contribution in [0.3, 0.4) is 0 Å². The minimum absolute atomic E-state index is 0.0777. The van der Waals surface area contributed by atoms with Gasteiger partial charge >= 0.3 is 6.03 Å². The molecule has 0 aromatic carbocycles. The Kier molecular flexibility index (Phi) is 3.91. The van der Waals surface area contributed by atoms with Crippen molar-refractivity contribution in [2.45, 2.75) is 52.2 Å². The standard InChI is InChI=1S/C16H25N5O2/c1-11(2)21-14(22)16(17-15(21)23)5-6-19(10-16)7-8-20-13(4)9-12(3)18-20/h9,11H,5-8,10H2,1-4H3,(H,17,23). The zero-order valence-electron chi connectivity index (χ0n) is 14.3. The number of aromatic nitrogens is 2. The summed E-state index contributed by atoms with van der Waals surface area (Å²) in [6.07, 6.45) is 0.678. The predicted octanol–water partition coefficient (Wildman–Crippen LogP) is 0.905. The molecule has 7 nitrogen and oxygen atoms in total. The van der Waals surface area contributed by atoms with Crippen molar-refractivity contribution in [3.8, 4) is 0 Å². The number of nitrogens with one attached hydrogen (secondary N) is 1. The molecule has 0 aliphatic carbocycles. The zero-order valence-corrected chi connectivity index (χ0v) is 14.3. The van der Waals surface area contributed by atoms with Crippen LogP contribution in [-0.2, 0) is 11.3 Å². The summed E-state index contributed by atoms with van der Waals surface area (Å²) in [5.41, 5.74) is 1.44. The maximum atomic E-state index is 12.7. The average Bonchev–Trinajstić information content (AvgIpc) is 3.07. The van der Waals surface area contributed by atoms with E-state index in [4.69, 9.17) is 0 Å². The summed E-state index contributed by atoms with van der Waals surface area (Å²) in [5.74, 6) is -0.0777. The number of hydrogen-bond donors (Lipinski definition) is 1. The first-order valence-corrected chi connectivity index (χ1v) is 8.21. The third-order valence-corrected chi connectivity index (χ3v) is 4.79. The number of amides is 3. The topological polar surface area (TPSA) is 70.5 Å². The van der Waals surface area contributed by atoms with E-state index in [9.17, 15) is 9.59 Å². The van der Waals surface area contributed by atoms with Crippen molar-refractivity contribution in [3.63, 3.8) is 0 Å². The van der Waals surface area contributed by atoms with Gasteiger partial charge < -0.3 is 5.32 Å². The van der Waals surface area contributed by atoms with E-state index in [1.54, 1.807) is 0 Å². The summed E-state index contributed by atoms with van der Waals surface area (Å²) in [4.78, 5) is 28.3. The van der Waals surface area contributed by atoms with Gasteiger partial charge in [0, 0.05) is 31.4 Å². The van der Waals surface area contributed by atoms with Gasteiger partial charge in [0.1, 0.15) is 5.54 Å². The highest BCUT2D eigenvalue weighted by atomic mass is 16.2. The van der Waals surface area contributed by atoms with Crippen LogP contribution in [0.5, 0.6) is 0 Å². The highest BCUT2D eigenvalue weighted by Gasteiger charge is 2.55. The van der Waals surface area contributed by atoms with Gasteiger partial charge in [-0.15, -0.1) is 0 Å². The second-order valence-electron chi connectivity index (χ2n) is 6.96. The number of hydrogen-bond acceptors (Lipinski definition) is 4. The lowest BCUT2D eigenvalue weighted by molar-refractivity contribution is -0.132. The second-order valence-corrected chi connectivity index (χ2v) is 6.96. The average molecular weight is 319 g/mol. The molecular weight excluding hydrogens is 294 g/mol. The smallest absolute Gasteiger partial charge is 0.322 e. The fourth-order valence-electron chi connectivity index (χ4n) is 3.60. The number of likely N-dealkylation sites (tertiary alicyclic amines) is 1. The highest BCUT2D eigenvalue weighted by Crippen LogP contribution is 2.29. The van der Waals surface area contributed by atoms with Gasteiger partial charge in [0.05, 0.1) is 12.2 Å². The van der Waals surface area contributed by atoms with Crippen LogP contribution >= 0.6 is 0 Å². The maximum Gasteiger partial charge on any atom is 0.325 e. The van der Waals surface area contributed by atoms with E-state index in [1.165, 1.54) is 4.90 Å². The van der Waals surface area contributed by atoms with Gasteiger partial charge in [0.15, 0.2) is 0 Å². The van der Waals surface area contributed by atoms with Crippen molar-refractivity contribution in [1.29, 1.82) is 0 Å². The molecule has 1 aromatic rings. The van der Waals surface area contributed by atoms with Crippen molar-refractivity contribution >= 4 is 11.9 Å². The summed E-state index contributed by atoms with van der Waals surface area (Å²) < 4.78 is 2.00. The summed E-state index contributed by atoms with van der Waals surface area (Å²) in [6.45, 7) is 10.8. The molecule has 3 heterocycles. The van der Waals surface area contributed by atoms with Gasteiger partial charge in [0.25, 0.3) is 5.91 Å². The molecule has 2 saturated heterocycles. The molecule has 0 bridgehead atoms. The van der Waals surface area contributed by atoms with Crippen LogP contribution in [-0.4, -0.2) is 62.7 Å². The minimum atomic E-state index is -0.726. The lowest BCUT2D eigenvalue weighted by Crippen LogP contribution is -2.49. The Morgan fingerprint density at radius 1 is 1.30 bits per heavy atom. The fourth-order valence-corrected chi connectivity index (χ4v) is 3.60. The van der Waals surface area contributed by atoms with Crippen LogP contribution in [0.15, 0.2) is 6.07 Å². The lowest BCUT2D eigenvalue weighted by Gasteiger charge is -2.23. The normalized spacial score (nSPS) is 25.2. The predicted molar refractivity (Wildman–Crippen MR) is 86.0 cm³/mol. The molecule has 2 aliphatic rings.